The minimum absolute atomic E-state index is 0.781. The molecule has 130 valence electrons. The molecule has 0 unspecified atom stereocenters. The van der Waals surface area contributed by atoms with Crippen LogP contribution in [-0.4, -0.2) is 27.4 Å². The molecule has 25 heavy (non-hydrogen) atoms. The van der Waals surface area contributed by atoms with E-state index in [-0.39, 0.29) is 0 Å². The number of hydrogen-bond donors (Lipinski definition) is 1. The predicted octanol–water partition coefficient (Wildman–Crippen LogP) is 4.12. The number of nitrogens with two attached hydrogens (primary N) is 1. The lowest BCUT2D eigenvalue weighted by Gasteiger charge is -2.30. The van der Waals surface area contributed by atoms with Crippen LogP contribution >= 0.6 is 0 Å². The number of benzene rings is 1. The lowest BCUT2D eigenvalue weighted by atomic mass is 9.99. The van der Waals surface area contributed by atoms with Crippen molar-refractivity contribution in [3.05, 3.63) is 53.9 Å². The van der Waals surface area contributed by atoms with E-state index in [4.69, 9.17) is 10.7 Å². The number of nitrogen functional groups attached to an aromatic ring is 1. The summed E-state index contributed by atoms with van der Waals surface area (Å²) in [7, 11) is 0. The normalized spacial score (nSPS) is 16.6. The van der Waals surface area contributed by atoms with E-state index in [1.54, 1.807) is 0 Å². The number of aryl methyl sites for hydroxylation is 1. The molecule has 4 heteroatoms. The van der Waals surface area contributed by atoms with Crippen molar-refractivity contribution in [3.63, 3.8) is 0 Å². The van der Waals surface area contributed by atoms with Gasteiger partial charge in [-0.2, -0.15) is 0 Å². The summed E-state index contributed by atoms with van der Waals surface area (Å²) in [5, 5.41) is 0. The first-order valence-electron chi connectivity index (χ1n) is 9.16. The maximum atomic E-state index is 6.02. The highest BCUT2D eigenvalue weighted by Crippen LogP contribution is 2.28. The van der Waals surface area contributed by atoms with Crippen LogP contribution in [0.15, 0.2) is 42.6 Å². The smallest absolute Gasteiger partial charge is 0.137 e. The summed E-state index contributed by atoms with van der Waals surface area (Å²) >= 11 is 0. The highest BCUT2D eigenvalue weighted by Gasteiger charge is 2.20. The third-order valence-electron chi connectivity index (χ3n) is 5.29. The number of fused-ring (bicyclic) bond motifs is 1. The fraction of sp³-hybridized carbons (Fsp3) is 0.381. The van der Waals surface area contributed by atoms with Gasteiger partial charge in [0, 0.05) is 24.0 Å². The molecule has 1 aromatic carbocycles. The second kappa shape index (κ2) is 6.52. The minimum Gasteiger partial charge on any atom is -0.399 e. The first-order valence-corrected chi connectivity index (χ1v) is 9.16. The van der Waals surface area contributed by atoms with Gasteiger partial charge in [-0.1, -0.05) is 19.1 Å². The van der Waals surface area contributed by atoms with Gasteiger partial charge >= 0.3 is 0 Å². The van der Waals surface area contributed by atoms with Gasteiger partial charge in [0.1, 0.15) is 5.65 Å². The Morgan fingerprint density at radius 3 is 2.72 bits per heavy atom. The van der Waals surface area contributed by atoms with Crippen LogP contribution in [-0.2, 0) is 6.54 Å². The van der Waals surface area contributed by atoms with Crippen molar-refractivity contribution in [1.82, 2.24) is 14.3 Å². The molecule has 4 nitrogen and oxygen atoms in total. The number of rotatable bonds is 3. The second-order valence-electron chi connectivity index (χ2n) is 7.42. The van der Waals surface area contributed by atoms with Gasteiger partial charge in [-0.25, -0.2) is 4.98 Å². The van der Waals surface area contributed by atoms with Crippen molar-refractivity contribution in [1.29, 1.82) is 0 Å². The maximum absolute atomic E-state index is 6.02. The van der Waals surface area contributed by atoms with Gasteiger partial charge in [0.25, 0.3) is 0 Å². The van der Waals surface area contributed by atoms with E-state index in [2.05, 4.69) is 47.5 Å². The maximum Gasteiger partial charge on any atom is 0.137 e. The van der Waals surface area contributed by atoms with Gasteiger partial charge in [-0.3, -0.25) is 4.90 Å². The van der Waals surface area contributed by atoms with Crippen LogP contribution in [0.1, 0.15) is 31.0 Å². The average Bonchev–Trinajstić information content (AvgIpc) is 2.94. The Morgan fingerprint density at radius 2 is 1.96 bits per heavy atom. The van der Waals surface area contributed by atoms with Crippen LogP contribution in [0.4, 0.5) is 5.69 Å². The molecule has 0 aliphatic carbocycles. The number of aromatic nitrogens is 2. The van der Waals surface area contributed by atoms with Gasteiger partial charge in [0.2, 0.25) is 0 Å². The van der Waals surface area contributed by atoms with E-state index in [0.29, 0.717) is 0 Å². The number of pyridine rings is 1. The fourth-order valence-corrected chi connectivity index (χ4v) is 3.70. The molecule has 1 aliphatic heterocycles. The van der Waals surface area contributed by atoms with Gasteiger partial charge in [0.05, 0.1) is 11.4 Å². The molecule has 0 bridgehead atoms. The van der Waals surface area contributed by atoms with E-state index >= 15 is 0 Å². The summed E-state index contributed by atoms with van der Waals surface area (Å²) in [4.78, 5) is 7.50. The molecule has 0 saturated carbocycles. The van der Waals surface area contributed by atoms with Crippen molar-refractivity contribution in [2.75, 3.05) is 18.8 Å². The summed E-state index contributed by atoms with van der Waals surface area (Å²) in [6.45, 7) is 7.72. The quantitative estimate of drug-likeness (QED) is 0.733. The van der Waals surface area contributed by atoms with E-state index in [1.165, 1.54) is 24.1 Å². The molecule has 0 spiro atoms. The highest BCUT2D eigenvalue weighted by molar-refractivity contribution is 5.69. The molecule has 3 aromatic rings. The van der Waals surface area contributed by atoms with Crippen LogP contribution in [0.3, 0.4) is 0 Å². The Bertz CT molecular complexity index is 888. The molecule has 0 radical (unpaired) electrons. The third-order valence-corrected chi connectivity index (χ3v) is 5.29. The van der Waals surface area contributed by atoms with Crippen LogP contribution in [0.5, 0.6) is 0 Å². The minimum atomic E-state index is 0.781. The second-order valence-corrected chi connectivity index (χ2v) is 7.42. The Morgan fingerprint density at radius 1 is 1.16 bits per heavy atom. The average molecular weight is 334 g/mol. The third kappa shape index (κ3) is 3.27. The molecule has 4 rings (SSSR count). The Hall–Kier alpha value is -2.33. The summed E-state index contributed by atoms with van der Waals surface area (Å²) < 4.78 is 2.24. The van der Waals surface area contributed by atoms with Crippen molar-refractivity contribution in [2.24, 2.45) is 5.92 Å². The van der Waals surface area contributed by atoms with Gasteiger partial charge in [-0.05, 0) is 68.6 Å². The summed E-state index contributed by atoms with van der Waals surface area (Å²) in [5.41, 5.74) is 12.5. The number of hydrogen-bond acceptors (Lipinski definition) is 3. The number of likely N-dealkylation sites (tertiary alicyclic amines) is 1. The number of piperidine rings is 1. The van der Waals surface area contributed by atoms with E-state index in [1.807, 2.05) is 18.2 Å². The molecule has 1 aliphatic rings. The monoisotopic (exact) mass is 334 g/mol. The number of nitrogens with zero attached hydrogens (tertiary/aromatic N) is 3. The van der Waals surface area contributed by atoms with E-state index in [9.17, 15) is 0 Å². The molecule has 2 N–H and O–H groups in total. The highest BCUT2D eigenvalue weighted by atomic mass is 15.2. The SMILES string of the molecule is Cc1ccn2c(CN3CCC(C)CC3)c(-c3cccc(N)c3)nc2c1. The van der Waals surface area contributed by atoms with Crippen molar-refractivity contribution < 1.29 is 0 Å². The van der Waals surface area contributed by atoms with Crippen LogP contribution in [0.2, 0.25) is 0 Å². The number of anilines is 1. The lowest BCUT2D eigenvalue weighted by molar-refractivity contribution is 0.183. The topological polar surface area (TPSA) is 46.6 Å². The van der Waals surface area contributed by atoms with Crippen LogP contribution in [0, 0.1) is 12.8 Å². The largest absolute Gasteiger partial charge is 0.399 e. The fourth-order valence-electron chi connectivity index (χ4n) is 3.70. The molecule has 3 heterocycles. The molecular formula is C21H26N4. The van der Waals surface area contributed by atoms with Crippen molar-refractivity contribution in [3.8, 4) is 11.3 Å². The zero-order valence-electron chi connectivity index (χ0n) is 15.1. The lowest BCUT2D eigenvalue weighted by Crippen LogP contribution is -2.32. The summed E-state index contributed by atoms with van der Waals surface area (Å²) in [6.07, 6.45) is 4.71. The Kier molecular flexibility index (Phi) is 4.22. The zero-order valence-corrected chi connectivity index (χ0v) is 15.1. The van der Waals surface area contributed by atoms with Gasteiger partial charge in [0.15, 0.2) is 0 Å². The summed E-state index contributed by atoms with van der Waals surface area (Å²) in [5.74, 6) is 0.842. The predicted molar refractivity (Wildman–Crippen MR) is 103 cm³/mol. The van der Waals surface area contributed by atoms with Crippen LogP contribution < -0.4 is 5.73 Å². The van der Waals surface area contributed by atoms with E-state index in [0.717, 1.165) is 48.1 Å². The van der Waals surface area contributed by atoms with E-state index < -0.39 is 0 Å². The molecule has 1 fully saturated rings. The Balaban J connectivity index is 1.78. The Labute approximate surface area is 149 Å². The first kappa shape index (κ1) is 16.2. The summed E-state index contributed by atoms with van der Waals surface area (Å²) in [6, 6.07) is 12.4. The van der Waals surface area contributed by atoms with Gasteiger partial charge in [-0.15, -0.1) is 0 Å². The molecule has 2 aromatic heterocycles. The zero-order chi connectivity index (χ0) is 17.4. The standard InChI is InChI=1S/C21H26N4/c1-15-6-9-24(10-7-15)14-19-21(17-4-3-5-18(22)13-17)23-20-12-16(2)8-11-25(19)20/h3-5,8,11-13,15H,6-7,9-10,14,22H2,1-2H3. The molecule has 0 amide bonds. The van der Waals surface area contributed by atoms with Crippen molar-refractivity contribution >= 4 is 11.3 Å². The molecular weight excluding hydrogens is 308 g/mol. The first-order chi connectivity index (χ1) is 12.1. The number of imidazole rings is 1. The van der Waals surface area contributed by atoms with Gasteiger partial charge < -0.3 is 10.1 Å². The van der Waals surface area contributed by atoms with Crippen molar-refractivity contribution in [2.45, 2.75) is 33.2 Å². The van der Waals surface area contributed by atoms with Crippen LogP contribution in [0.25, 0.3) is 16.9 Å². The molecule has 1 saturated heterocycles. The molecule has 0 atom stereocenters.